The minimum Gasteiger partial charge on any atom is -0.300 e. The summed E-state index contributed by atoms with van der Waals surface area (Å²) in [5.74, 6) is 0.742. The van der Waals surface area contributed by atoms with Gasteiger partial charge in [-0.15, -0.1) is 0 Å². The smallest absolute Gasteiger partial charge is 0.00952 e. The Morgan fingerprint density at radius 1 is 1.00 bits per heavy atom. The molecule has 2 rings (SSSR count). The van der Waals surface area contributed by atoms with Gasteiger partial charge in [-0.2, -0.15) is 0 Å². The third-order valence-corrected chi connectivity index (χ3v) is 3.24. The molecule has 0 N–H and O–H groups in total. The Morgan fingerprint density at radius 2 is 1.64 bits per heavy atom. The number of hydrogen-bond acceptors (Lipinski definition) is 1. The van der Waals surface area contributed by atoms with E-state index in [-0.39, 0.29) is 0 Å². The van der Waals surface area contributed by atoms with Crippen molar-refractivity contribution in [1.29, 1.82) is 0 Å². The zero-order valence-electron chi connectivity index (χ0n) is 7.26. The lowest BCUT2D eigenvalue weighted by Gasteiger charge is -2.41. The van der Waals surface area contributed by atoms with Crippen LogP contribution in [0.25, 0.3) is 0 Å². The van der Waals surface area contributed by atoms with Crippen molar-refractivity contribution in [3.63, 3.8) is 0 Å². The summed E-state index contributed by atoms with van der Waals surface area (Å²) >= 11 is 0. The summed E-state index contributed by atoms with van der Waals surface area (Å²) in [4.78, 5) is 2.67. The van der Waals surface area contributed by atoms with Gasteiger partial charge in [0, 0.05) is 6.04 Å². The number of hydrogen-bond donors (Lipinski definition) is 0. The summed E-state index contributed by atoms with van der Waals surface area (Å²) in [6.07, 6.45) is 7.05. The summed E-state index contributed by atoms with van der Waals surface area (Å²) < 4.78 is 0. The van der Waals surface area contributed by atoms with E-state index in [4.69, 9.17) is 0 Å². The first-order valence-corrected chi connectivity index (χ1v) is 4.93. The van der Waals surface area contributed by atoms with E-state index in [0.717, 1.165) is 12.0 Å². The van der Waals surface area contributed by atoms with Crippen LogP contribution in [0.5, 0.6) is 0 Å². The molecule has 1 nitrogen and oxygen atoms in total. The second kappa shape index (κ2) is 3.14. The lowest BCUT2D eigenvalue weighted by atomic mass is 9.88. The van der Waals surface area contributed by atoms with Crippen molar-refractivity contribution in [2.24, 2.45) is 5.92 Å². The van der Waals surface area contributed by atoms with Crippen LogP contribution >= 0.6 is 0 Å². The van der Waals surface area contributed by atoms with Crippen LogP contribution in [0.4, 0.5) is 0 Å². The molecule has 2 fully saturated rings. The molecule has 0 atom stereocenters. The number of rotatable bonds is 1. The largest absolute Gasteiger partial charge is 0.300 e. The van der Waals surface area contributed by atoms with E-state index in [1.54, 1.807) is 0 Å². The van der Waals surface area contributed by atoms with E-state index in [9.17, 15) is 0 Å². The van der Waals surface area contributed by atoms with E-state index in [0.29, 0.717) is 0 Å². The van der Waals surface area contributed by atoms with Gasteiger partial charge in [-0.05, 0) is 44.7 Å². The highest BCUT2D eigenvalue weighted by Gasteiger charge is 2.27. The molecule has 2 aliphatic rings. The molecular formula is C10H18N. The molecule has 1 heterocycles. The molecule has 0 aromatic carbocycles. The maximum Gasteiger partial charge on any atom is 0.00952 e. The molecular weight excluding hydrogens is 134 g/mol. The second-order valence-corrected chi connectivity index (χ2v) is 4.06. The van der Waals surface area contributed by atoms with Crippen molar-refractivity contribution in [3.8, 4) is 0 Å². The van der Waals surface area contributed by atoms with Crippen molar-refractivity contribution < 1.29 is 0 Å². The third-order valence-electron chi connectivity index (χ3n) is 3.24. The van der Waals surface area contributed by atoms with Gasteiger partial charge in [-0.3, -0.25) is 0 Å². The van der Waals surface area contributed by atoms with Crippen LogP contribution in [0.3, 0.4) is 0 Å². The Hall–Kier alpha value is -0.0400. The van der Waals surface area contributed by atoms with Crippen LogP contribution in [0.1, 0.15) is 32.1 Å². The van der Waals surface area contributed by atoms with Crippen molar-refractivity contribution in [3.05, 3.63) is 6.92 Å². The van der Waals surface area contributed by atoms with Crippen molar-refractivity contribution in [2.45, 2.75) is 38.1 Å². The van der Waals surface area contributed by atoms with Crippen molar-refractivity contribution in [2.75, 3.05) is 13.1 Å². The molecule has 11 heavy (non-hydrogen) atoms. The molecule has 63 valence electrons. The molecule has 1 saturated carbocycles. The Kier molecular flexibility index (Phi) is 2.17. The number of nitrogens with zero attached hydrogens (tertiary/aromatic N) is 1. The molecule has 1 aliphatic carbocycles. The fourth-order valence-electron chi connectivity index (χ4n) is 2.07. The first-order valence-electron chi connectivity index (χ1n) is 4.93. The minimum atomic E-state index is 0.742. The fraction of sp³-hybridized carbons (Fsp3) is 0.900. The zero-order chi connectivity index (χ0) is 7.68. The topological polar surface area (TPSA) is 3.24 Å². The Labute approximate surface area is 69.8 Å². The van der Waals surface area contributed by atoms with Crippen LogP contribution < -0.4 is 0 Å². The van der Waals surface area contributed by atoms with Gasteiger partial charge in [0.05, 0.1) is 0 Å². The molecule has 1 aliphatic heterocycles. The molecule has 0 aromatic heterocycles. The normalized spacial score (nSPS) is 30.3. The van der Waals surface area contributed by atoms with Gasteiger partial charge in [-0.1, -0.05) is 13.3 Å². The Morgan fingerprint density at radius 3 is 2.09 bits per heavy atom. The molecule has 1 saturated heterocycles. The summed E-state index contributed by atoms with van der Waals surface area (Å²) in [5, 5.41) is 0. The molecule has 1 radical (unpaired) electrons. The fourth-order valence-corrected chi connectivity index (χ4v) is 2.07. The van der Waals surface area contributed by atoms with Gasteiger partial charge >= 0.3 is 0 Å². The third kappa shape index (κ3) is 1.58. The average molecular weight is 152 g/mol. The maximum absolute atomic E-state index is 4.11. The SMILES string of the molecule is [CH2]C1CCN(C2CCC2)CC1. The predicted molar refractivity (Wildman–Crippen MR) is 47.3 cm³/mol. The minimum absolute atomic E-state index is 0.742. The van der Waals surface area contributed by atoms with Gasteiger partial charge in [-0.25, -0.2) is 0 Å². The molecule has 0 bridgehead atoms. The highest BCUT2D eigenvalue weighted by atomic mass is 15.2. The molecule has 0 spiro atoms. The van der Waals surface area contributed by atoms with E-state index in [1.807, 2.05) is 0 Å². The van der Waals surface area contributed by atoms with E-state index in [2.05, 4.69) is 11.8 Å². The van der Waals surface area contributed by atoms with Gasteiger partial charge in [0.2, 0.25) is 0 Å². The maximum atomic E-state index is 4.11. The summed E-state index contributed by atoms with van der Waals surface area (Å²) in [5.41, 5.74) is 0. The van der Waals surface area contributed by atoms with Crippen molar-refractivity contribution >= 4 is 0 Å². The standard InChI is InChI=1S/C10H18N/c1-9-5-7-11(8-6-9)10-3-2-4-10/h9-10H,1-8H2. The van der Waals surface area contributed by atoms with Gasteiger partial charge < -0.3 is 4.90 Å². The molecule has 0 unspecified atom stereocenters. The average Bonchev–Trinajstić information content (AvgIpc) is 1.90. The van der Waals surface area contributed by atoms with E-state index >= 15 is 0 Å². The van der Waals surface area contributed by atoms with Crippen LogP contribution in [0.15, 0.2) is 0 Å². The molecule has 1 heteroatoms. The van der Waals surface area contributed by atoms with Crippen LogP contribution in [0.2, 0.25) is 0 Å². The Balaban J connectivity index is 1.77. The highest BCUT2D eigenvalue weighted by Crippen LogP contribution is 2.28. The number of likely N-dealkylation sites (tertiary alicyclic amines) is 1. The number of piperidine rings is 1. The zero-order valence-corrected chi connectivity index (χ0v) is 7.26. The molecule has 0 aromatic rings. The van der Waals surface area contributed by atoms with Gasteiger partial charge in [0.15, 0.2) is 0 Å². The quantitative estimate of drug-likeness (QED) is 0.556. The van der Waals surface area contributed by atoms with E-state index in [1.165, 1.54) is 45.2 Å². The van der Waals surface area contributed by atoms with Gasteiger partial charge in [0.25, 0.3) is 0 Å². The van der Waals surface area contributed by atoms with Crippen molar-refractivity contribution in [1.82, 2.24) is 4.90 Å². The summed E-state index contributed by atoms with van der Waals surface area (Å²) in [6.45, 7) is 6.75. The first-order chi connectivity index (χ1) is 5.36. The molecule has 0 amide bonds. The van der Waals surface area contributed by atoms with Crippen LogP contribution in [0, 0.1) is 12.8 Å². The van der Waals surface area contributed by atoms with Crippen LogP contribution in [-0.2, 0) is 0 Å². The lowest BCUT2D eigenvalue weighted by Crippen LogP contribution is -2.44. The monoisotopic (exact) mass is 152 g/mol. The summed E-state index contributed by atoms with van der Waals surface area (Å²) in [6, 6.07) is 0.961. The first kappa shape index (κ1) is 7.60. The summed E-state index contributed by atoms with van der Waals surface area (Å²) in [7, 11) is 0. The van der Waals surface area contributed by atoms with Gasteiger partial charge in [0.1, 0.15) is 0 Å². The highest BCUT2D eigenvalue weighted by molar-refractivity contribution is 4.83. The van der Waals surface area contributed by atoms with E-state index < -0.39 is 0 Å². The Bertz CT molecular complexity index is 121. The lowest BCUT2D eigenvalue weighted by molar-refractivity contribution is 0.0926. The predicted octanol–water partition coefficient (Wildman–Crippen LogP) is 2.08. The van der Waals surface area contributed by atoms with Crippen LogP contribution in [-0.4, -0.2) is 24.0 Å². The second-order valence-electron chi connectivity index (χ2n) is 4.06.